The van der Waals surface area contributed by atoms with Gasteiger partial charge in [-0.3, -0.25) is 0 Å². The second-order valence-electron chi connectivity index (χ2n) is 4.29. The van der Waals surface area contributed by atoms with Crippen molar-refractivity contribution in [2.75, 3.05) is 16.8 Å². The lowest BCUT2D eigenvalue weighted by Gasteiger charge is -2.08. The summed E-state index contributed by atoms with van der Waals surface area (Å²) in [6.45, 7) is 1.83. The first-order valence-electron chi connectivity index (χ1n) is 6.03. The van der Waals surface area contributed by atoms with Crippen LogP contribution in [0.1, 0.15) is 5.69 Å². The maximum atomic E-state index is 5.83. The molecule has 0 bridgehead atoms. The Hall–Kier alpha value is -2.96. The Morgan fingerprint density at radius 1 is 0.950 bits per heavy atom. The Kier molecular flexibility index (Phi) is 2.79. The van der Waals surface area contributed by atoms with Crippen molar-refractivity contribution < 1.29 is 0 Å². The van der Waals surface area contributed by atoms with Gasteiger partial charge in [-0.05, 0) is 19.1 Å². The van der Waals surface area contributed by atoms with Gasteiger partial charge in [0, 0.05) is 5.69 Å². The van der Waals surface area contributed by atoms with E-state index in [1.165, 1.54) is 0 Å². The largest absolute Gasteiger partial charge is 0.383 e. The third kappa shape index (κ3) is 2.16. The van der Waals surface area contributed by atoms with E-state index in [9.17, 15) is 0 Å². The number of hydrogen-bond donors (Lipinski definition) is 3. The van der Waals surface area contributed by atoms with E-state index in [0.29, 0.717) is 22.7 Å². The molecule has 0 atom stereocenters. The molecular weight excluding hydrogens is 254 g/mol. The van der Waals surface area contributed by atoms with Gasteiger partial charge in [-0.1, -0.05) is 18.2 Å². The molecule has 3 rings (SSSR count). The summed E-state index contributed by atoms with van der Waals surface area (Å²) in [4.78, 5) is 16.7. The van der Waals surface area contributed by atoms with Gasteiger partial charge in [0.1, 0.15) is 5.82 Å². The van der Waals surface area contributed by atoms with Crippen molar-refractivity contribution in [1.29, 1.82) is 0 Å². The third-order valence-electron chi connectivity index (χ3n) is 2.81. The number of para-hydroxylation sites is 1. The maximum Gasteiger partial charge on any atom is 0.229 e. The molecule has 0 fully saturated rings. The van der Waals surface area contributed by atoms with Crippen molar-refractivity contribution in [2.45, 2.75) is 6.92 Å². The zero-order valence-corrected chi connectivity index (χ0v) is 10.8. The molecule has 2 heterocycles. The Bertz CT molecular complexity index is 771. The number of nitrogens with two attached hydrogens (primary N) is 2. The smallest absolute Gasteiger partial charge is 0.229 e. The Morgan fingerprint density at radius 3 is 2.45 bits per heavy atom. The number of hydrogen-bond acceptors (Lipinski definition) is 7. The van der Waals surface area contributed by atoms with Crippen LogP contribution in [0.5, 0.6) is 0 Å². The molecule has 0 amide bonds. The number of aromatic nitrogens is 4. The van der Waals surface area contributed by atoms with Crippen molar-refractivity contribution >= 4 is 34.4 Å². The summed E-state index contributed by atoms with van der Waals surface area (Å²) in [6.07, 6.45) is 0. The van der Waals surface area contributed by atoms with Gasteiger partial charge in [0.05, 0.1) is 11.1 Å². The van der Waals surface area contributed by atoms with Crippen LogP contribution in [0.3, 0.4) is 0 Å². The average Bonchev–Trinajstić information content (AvgIpc) is 2.38. The van der Waals surface area contributed by atoms with Crippen molar-refractivity contribution in [3.63, 3.8) is 0 Å². The highest BCUT2D eigenvalue weighted by molar-refractivity contribution is 5.89. The first kappa shape index (κ1) is 12.1. The van der Waals surface area contributed by atoms with E-state index in [2.05, 4.69) is 25.3 Å². The summed E-state index contributed by atoms with van der Waals surface area (Å²) in [6, 6.07) is 9.63. The number of nitrogens with zero attached hydrogens (tertiary/aromatic N) is 4. The van der Waals surface area contributed by atoms with E-state index >= 15 is 0 Å². The summed E-state index contributed by atoms with van der Waals surface area (Å²) < 4.78 is 0. The quantitative estimate of drug-likeness (QED) is 0.646. The topological polar surface area (TPSA) is 116 Å². The summed E-state index contributed by atoms with van der Waals surface area (Å²) in [5, 5.41) is 3.73. The van der Waals surface area contributed by atoms with Gasteiger partial charge in [-0.15, -0.1) is 0 Å². The highest BCUT2D eigenvalue weighted by Gasteiger charge is 2.11. The molecule has 0 aliphatic carbocycles. The normalized spacial score (nSPS) is 10.7. The molecule has 0 spiro atoms. The number of anilines is 4. The summed E-state index contributed by atoms with van der Waals surface area (Å²) in [5.74, 6) is 0.828. The Labute approximate surface area is 115 Å². The minimum Gasteiger partial charge on any atom is -0.383 e. The summed E-state index contributed by atoms with van der Waals surface area (Å²) in [7, 11) is 0. The van der Waals surface area contributed by atoms with Crippen LogP contribution in [0.4, 0.5) is 23.4 Å². The SMILES string of the molecule is Cc1nc(Nc2ccccc2)nc2nc(N)nc(N)c12. The van der Waals surface area contributed by atoms with Crippen molar-refractivity contribution in [2.24, 2.45) is 0 Å². The molecule has 0 saturated heterocycles. The van der Waals surface area contributed by atoms with Crippen LogP contribution in [-0.2, 0) is 0 Å². The molecule has 0 radical (unpaired) electrons. The van der Waals surface area contributed by atoms with Crippen LogP contribution in [0.25, 0.3) is 11.0 Å². The molecule has 2 aromatic heterocycles. The predicted octanol–water partition coefficient (Wildman–Crippen LogP) is 1.64. The maximum absolute atomic E-state index is 5.83. The Balaban J connectivity index is 2.10. The molecule has 0 aliphatic rings. The van der Waals surface area contributed by atoms with Gasteiger partial charge >= 0.3 is 0 Å². The van der Waals surface area contributed by atoms with E-state index in [1.807, 2.05) is 37.3 Å². The van der Waals surface area contributed by atoms with Gasteiger partial charge in [-0.2, -0.15) is 15.0 Å². The molecule has 20 heavy (non-hydrogen) atoms. The van der Waals surface area contributed by atoms with E-state index in [-0.39, 0.29) is 11.8 Å². The van der Waals surface area contributed by atoms with E-state index in [1.54, 1.807) is 0 Å². The fourth-order valence-corrected chi connectivity index (χ4v) is 1.96. The number of nitrogen functional groups attached to an aromatic ring is 2. The molecule has 3 aromatic rings. The van der Waals surface area contributed by atoms with E-state index < -0.39 is 0 Å². The van der Waals surface area contributed by atoms with Crippen LogP contribution < -0.4 is 16.8 Å². The van der Waals surface area contributed by atoms with Gasteiger partial charge in [-0.25, -0.2) is 4.98 Å². The average molecular weight is 267 g/mol. The number of fused-ring (bicyclic) bond motifs is 1. The first-order chi connectivity index (χ1) is 9.63. The number of rotatable bonds is 2. The number of aryl methyl sites for hydroxylation is 1. The van der Waals surface area contributed by atoms with Crippen LogP contribution >= 0.6 is 0 Å². The first-order valence-corrected chi connectivity index (χ1v) is 6.03. The fourth-order valence-electron chi connectivity index (χ4n) is 1.96. The molecule has 7 nitrogen and oxygen atoms in total. The zero-order chi connectivity index (χ0) is 14.1. The molecule has 0 unspecified atom stereocenters. The number of nitrogens with one attached hydrogen (secondary N) is 1. The molecule has 7 heteroatoms. The zero-order valence-electron chi connectivity index (χ0n) is 10.8. The van der Waals surface area contributed by atoms with Crippen molar-refractivity contribution in [3.05, 3.63) is 36.0 Å². The van der Waals surface area contributed by atoms with E-state index in [4.69, 9.17) is 11.5 Å². The lowest BCUT2D eigenvalue weighted by Crippen LogP contribution is -2.06. The van der Waals surface area contributed by atoms with Crippen molar-refractivity contribution in [1.82, 2.24) is 19.9 Å². The summed E-state index contributed by atoms with van der Waals surface area (Å²) >= 11 is 0. The molecule has 0 saturated carbocycles. The minimum absolute atomic E-state index is 0.0961. The van der Waals surface area contributed by atoms with Gasteiger partial charge in [0.2, 0.25) is 11.9 Å². The second kappa shape index (κ2) is 4.61. The van der Waals surface area contributed by atoms with Crippen molar-refractivity contribution in [3.8, 4) is 0 Å². The van der Waals surface area contributed by atoms with Gasteiger partial charge in [0.15, 0.2) is 5.65 Å². The fraction of sp³-hybridized carbons (Fsp3) is 0.0769. The lowest BCUT2D eigenvalue weighted by molar-refractivity contribution is 1.11. The lowest BCUT2D eigenvalue weighted by atomic mass is 10.3. The highest BCUT2D eigenvalue weighted by atomic mass is 15.1. The molecule has 5 N–H and O–H groups in total. The van der Waals surface area contributed by atoms with Gasteiger partial charge < -0.3 is 16.8 Å². The Morgan fingerprint density at radius 2 is 1.70 bits per heavy atom. The molecule has 1 aromatic carbocycles. The predicted molar refractivity (Wildman–Crippen MR) is 78.4 cm³/mol. The van der Waals surface area contributed by atoms with Crippen LogP contribution in [-0.4, -0.2) is 19.9 Å². The highest BCUT2D eigenvalue weighted by Crippen LogP contribution is 2.22. The molecule has 0 aliphatic heterocycles. The van der Waals surface area contributed by atoms with Crippen LogP contribution in [0.2, 0.25) is 0 Å². The monoisotopic (exact) mass is 267 g/mol. The second-order valence-corrected chi connectivity index (χ2v) is 4.29. The third-order valence-corrected chi connectivity index (χ3v) is 2.81. The standard InChI is InChI=1S/C13H13N7/c1-7-9-10(14)18-12(15)19-11(9)20-13(16-7)17-8-5-3-2-4-6-8/h2-6H,1H3,(H5,14,15,16,17,18,19,20). The molecule has 100 valence electrons. The van der Waals surface area contributed by atoms with E-state index in [0.717, 1.165) is 5.69 Å². The molecular formula is C13H13N7. The van der Waals surface area contributed by atoms with Gasteiger partial charge in [0.25, 0.3) is 0 Å². The summed E-state index contributed by atoms with van der Waals surface area (Å²) in [5.41, 5.74) is 13.4. The number of benzene rings is 1. The van der Waals surface area contributed by atoms with Crippen LogP contribution in [0.15, 0.2) is 30.3 Å². The minimum atomic E-state index is 0.0961. The van der Waals surface area contributed by atoms with Crippen LogP contribution in [0, 0.1) is 6.92 Å².